The molecule has 0 rings (SSSR count). The standard InChI is InChI=1S/C4H9BrO2P/c1-4(2)7-8(6)3-5/h4H,3H2,1-2H3/q+1. The third kappa shape index (κ3) is 4.69. The molecule has 0 saturated heterocycles. The van der Waals surface area contributed by atoms with Gasteiger partial charge in [-0.1, -0.05) is 0 Å². The van der Waals surface area contributed by atoms with Crippen LogP contribution in [-0.2, 0) is 9.09 Å². The Bertz CT molecular complexity index is 84.1. The van der Waals surface area contributed by atoms with Crippen LogP contribution in [0.4, 0.5) is 0 Å². The Hall–Kier alpha value is 0.540. The van der Waals surface area contributed by atoms with Gasteiger partial charge in [-0.15, -0.1) is 4.52 Å². The van der Waals surface area contributed by atoms with Crippen molar-refractivity contribution in [2.45, 2.75) is 20.0 Å². The van der Waals surface area contributed by atoms with Crippen molar-refractivity contribution in [3.63, 3.8) is 0 Å². The van der Waals surface area contributed by atoms with Gasteiger partial charge >= 0.3 is 8.03 Å². The van der Waals surface area contributed by atoms with Gasteiger partial charge in [0.2, 0.25) is 5.07 Å². The summed E-state index contributed by atoms with van der Waals surface area (Å²) in [7, 11) is -1.45. The molecule has 48 valence electrons. The minimum Gasteiger partial charge on any atom is -0.143 e. The van der Waals surface area contributed by atoms with Crippen LogP contribution in [0.2, 0.25) is 0 Å². The molecule has 0 spiro atoms. The number of rotatable bonds is 3. The molecule has 8 heavy (non-hydrogen) atoms. The van der Waals surface area contributed by atoms with Crippen LogP contribution in [0, 0.1) is 0 Å². The molecule has 0 heterocycles. The Morgan fingerprint density at radius 1 is 1.75 bits per heavy atom. The normalized spacial score (nSPS) is 12.2. The molecule has 1 atom stereocenters. The minimum atomic E-state index is -1.45. The van der Waals surface area contributed by atoms with E-state index in [1.165, 1.54) is 0 Å². The summed E-state index contributed by atoms with van der Waals surface area (Å²) in [5.74, 6) is 0. The first-order valence-corrected chi connectivity index (χ1v) is 4.82. The van der Waals surface area contributed by atoms with E-state index < -0.39 is 8.03 Å². The topological polar surface area (TPSA) is 26.3 Å². The minimum absolute atomic E-state index is 0.0659. The summed E-state index contributed by atoms with van der Waals surface area (Å²) in [6.07, 6.45) is 0.0659. The fourth-order valence-electron chi connectivity index (χ4n) is 0.263. The smallest absolute Gasteiger partial charge is 0.143 e. The lowest BCUT2D eigenvalue weighted by Gasteiger charge is -1.89. The van der Waals surface area contributed by atoms with E-state index in [0.717, 1.165) is 0 Å². The SMILES string of the molecule is CC(C)O[P+](=O)CBr. The molecule has 0 saturated carbocycles. The van der Waals surface area contributed by atoms with E-state index in [-0.39, 0.29) is 6.10 Å². The van der Waals surface area contributed by atoms with E-state index in [9.17, 15) is 4.57 Å². The Balaban J connectivity index is 3.25. The highest BCUT2D eigenvalue weighted by Gasteiger charge is 2.15. The van der Waals surface area contributed by atoms with Crippen molar-refractivity contribution in [2.24, 2.45) is 0 Å². The van der Waals surface area contributed by atoms with Crippen molar-refractivity contribution >= 4 is 24.0 Å². The van der Waals surface area contributed by atoms with E-state index in [4.69, 9.17) is 4.52 Å². The van der Waals surface area contributed by atoms with Gasteiger partial charge in [0.1, 0.15) is 6.10 Å². The fourth-order valence-corrected chi connectivity index (χ4v) is 1.14. The lowest BCUT2D eigenvalue weighted by atomic mass is 10.5. The molecular formula is C4H9BrO2P+. The second kappa shape index (κ2) is 4.42. The molecule has 2 nitrogen and oxygen atoms in total. The summed E-state index contributed by atoms with van der Waals surface area (Å²) in [6.45, 7) is 3.71. The number of hydrogen-bond acceptors (Lipinski definition) is 2. The zero-order valence-corrected chi connectivity index (χ0v) is 7.41. The van der Waals surface area contributed by atoms with E-state index in [1.807, 2.05) is 13.8 Å². The van der Waals surface area contributed by atoms with Crippen LogP contribution in [0.5, 0.6) is 0 Å². The third-order valence-corrected chi connectivity index (χ3v) is 2.51. The lowest BCUT2D eigenvalue weighted by molar-refractivity contribution is 0.258. The van der Waals surface area contributed by atoms with Crippen molar-refractivity contribution < 1.29 is 9.09 Å². The van der Waals surface area contributed by atoms with Gasteiger partial charge < -0.3 is 0 Å². The first-order valence-electron chi connectivity index (χ1n) is 2.34. The molecule has 0 N–H and O–H groups in total. The molecule has 0 amide bonds. The zero-order chi connectivity index (χ0) is 6.57. The fraction of sp³-hybridized carbons (Fsp3) is 1.00. The largest absolute Gasteiger partial charge is 0.519 e. The number of alkyl halides is 1. The summed E-state index contributed by atoms with van der Waals surface area (Å²) in [6, 6.07) is 0. The predicted molar refractivity (Wildman–Crippen MR) is 37.6 cm³/mol. The van der Waals surface area contributed by atoms with Crippen molar-refractivity contribution in [2.75, 3.05) is 5.07 Å². The highest BCUT2D eigenvalue weighted by molar-refractivity contribution is 9.10. The van der Waals surface area contributed by atoms with Crippen molar-refractivity contribution in [1.29, 1.82) is 0 Å². The zero-order valence-electron chi connectivity index (χ0n) is 4.93. The van der Waals surface area contributed by atoms with Crippen LogP contribution >= 0.6 is 24.0 Å². The van der Waals surface area contributed by atoms with Crippen LogP contribution in [0.3, 0.4) is 0 Å². The van der Waals surface area contributed by atoms with Crippen LogP contribution in [-0.4, -0.2) is 11.2 Å². The van der Waals surface area contributed by atoms with Crippen LogP contribution in [0.1, 0.15) is 13.8 Å². The maximum Gasteiger partial charge on any atom is 0.519 e. The molecule has 0 aliphatic heterocycles. The van der Waals surface area contributed by atoms with Gasteiger partial charge in [-0.05, 0) is 34.3 Å². The highest BCUT2D eigenvalue weighted by atomic mass is 79.9. The molecule has 0 aliphatic rings. The first-order chi connectivity index (χ1) is 3.66. The summed E-state index contributed by atoms with van der Waals surface area (Å²) < 4.78 is 15.4. The summed E-state index contributed by atoms with van der Waals surface area (Å²) in [5.41, 5.74) is 0. The Morgan fingerprint density at radius 2 is 2.25 bits per heavy atom. The maximum absolute atomic E-state index is 10.5. The number of halogens is 1. The molecule has 0 aromatic heterocycles. The van der Waals surface area contributed by atoms with Crippen molar-refractivity contribution in [3.8, 4) is 0 Å². The number of hydrogen-bond donors (Lipinski definition) is 0. The van der Waals surface area contributed by atoms with Gasteiger partial charge in [0.05, 0.1) is 0 Å². The quantitative estimate of drug-likeness (QED) is 0.516. The Kier molecular flexibility index (Phi) is 4.72. The van der Waals surface area contributed by atoms with Crippen LogP contribution in [0.15, 0.2) is 0 Å². The summed E-state index contributed by atoms with van der Waals surface area (Å²) in [4.78, 5) is 0. The molecule has 0 aromatic rings. The predicted octanol–water partition coefficient (Wildman–Crippen LogP) is 2.51. The van der Waals surface area contributed by atoms with Gasteiger partial charge in [0, 0.05) is 0 Å². The van der Waals surface area contributed by atoms with E-state index in [2.05, 4.69) is 15.9 Å². The van der Waals surface area contributed by atoms with Gasteiger partial charge in [-0.25, -0.2) is 0 Å². The molecular weight excluding hydrogens is 191 g/mol. The molecule has 0 fully saturated rings. The average molecular weight is 200 g/mol. The van der Waals surface area contributed by atoms with Crippen LogP contribution in [0.25, 0.3) is 0 Å². The van der Waals surface area contributed by atoms with Gasteiger partial charge in [-0.2, -0.15) is 0 Å². The molecule has 0 aromatic carbocycles. The van der Waals surface area contributed by atoms with Gasteiger partial charge in [0.15, 0.2) is 0 Å². The lowest BCUT2D eigenvalue weighted by Crippen LogP contribution is -1.93. The van der Waals surface area contributed by atoms with E-state index >= 15 is 0 Å². The molecule has 0 bridgehead atoms. The van der Waals surface area contributed by atoms with Gasteiger partial charge in [-0.3, -0.25) is 0 Å². The average Bonchev–Trinajstić information content (AvgIpc) is 1.65. The monoisotopic (exact) mass is 199 g/mol. The van der Waals surface area contributed by atoms with Gasteiger partial charge in [0.25, 0.3) is 0 Å². The second-order valence-electron chi connectivity index (χ2n) is 1.61. The molecule has 4 heteroatoms. The first kappa shape index (κ1) is 8.54. The molecule has 0 aliphatic carbocycles. The summed E-state index contributed by atoms with van der Waals surface area (Å²) in [5, 5.41) is 0.431. The van der Waals surface area contributed by atoms with E-state index in [0.29, 0.717) is 5.07 Å². The van der Waals surface area contributed by atoms with Crippen molar-refractivity contribution in [1.82, 2.24) is 0 Å². The van der Waals surface area contributed by atoms with Crippen LogP contribution < -0.4 is 0 Å². The van der Waals surface area contributed by atoms with E-state index in [1.54, 1.807) is 0 Å². The molecule has 1 unspecified atom stereocenters. The third-order valence-electron chi connectivity index (χ3n) is 0.426. The Labute approximate surface area is 58.6 Å². The Morgan fingerprint density at radius 3 is 2.38 bits per heavy atom. The summed E-state index contributed by atoms with van der Waals surface area (Å²) >= 11 is 3.03. The molecule has 0 radical (unpaired) electrons. The maximum atomic E-state index is 10.5. The second-order valence-corrected chi connectivity index (χ2v) is 4.23. The highest BCUT2D eigenvalue weighted by Crippen LogP contribution is 2.25. The van der Waals surface area contributed by atoms with Crippen molar-refractivity contribution in [3.05, 3.63) is 0 Å².